The fraction of sp³-hybridized carbons (Fsp3) is 0.292. The van der Waals surface area contributed by atoms with Crippen LogP contribution in [0.5, 0.6) is 11.5 Å². The summed E-state index contributed by atoms with van der Waals surface area (Å²) in [6, 6.07) is 12.1. The molecular formula is C24H27N3O5. The number of anilines is 2. The Labute approximate surface area is 187 Å². The molecule has 2 aromatic carbocycles. The number of likely N-dealkylation sites (N-methyl/N-ethyl adjacent to an activating group) is 1. The molecule has 8 nitrogen and oxygen atoms in total. The molecule has 1 aliphatic heterocycles. The summed E-state index contributed by atoms with van der Waals surface area (Å²) < 4.78 is 11.3. The lowest BCUT2D eigenvalue weighted by molar-refractivity contribution is -0.136. The number of imide groups is 1. The van der Waals surface area contributed by atoms with Crippen LogP contribution in [0.4, 0.5) is 11.4 Å². The van der Waals surface area contributed by atoms with Crippen LogP contribution in [0.1, 0.15) is 33.3 Å². The van der Waals surface area contributed by atoms with E-state index in [-0.39, 0.29) is 29.6 Å². The Morgan fingerprint density at radius 2 is 1.50 bits per heavy atom. The Morgan fingerprint density at radius 3 is 2.09 bits per heavy atom. The average molecular weight is 437 g/mol. The van der Waals surface area contributed by atoms with Crippen molar-refractivity contribution in [2.24, 2.45) is 0 Å². The summed E-state index contributed by atoms with van der Waals surface area (Å²) in [5.41, 5.74) is 2.24. The molecule has 0 spiro atoms. The lowest BCUT2D eigenvalue weighted by Gasteiger charge is -2.14. The van der Waals surface area contributed by atoms with E-state index in [0.29, 0.717) is 41.7 Å². The van der Waals surface area contributed by atoms with Crippen LogP contribution in [0.25, 0.3) is 5.57 Å². The van der Waals surface area contributed by atoms with Gasteiger partial charge in [-0.15, -0.1) is 0 Å². The van der Waals surface area contributed by atoms with Crippen molar-refractivity contribution in [3.05, 3.63) is 53.7 Å². The maximum atomic E-state index is 13.0. The summed E-state index contributed by atoms with van der Waals surface area (Å²) in [4.78, 5) is 38.5. The third-order valence-electron chi connectivity index (χ3n) is 4.79. The highest BCUT2D eigenvalue weighted by molar-refractivity contribution is 6.36. The Morgan fingerprint density at radius 1 is 0.875 bits per heavy atom. The van der Waals surface area contributed by atoms with Gasteiger partial charge in [0.1, 0.15) is 5.70 Å². The molecule has 0 fully saturated rings. The molecular weight excluding hydrogens is 410 g/mol. The van der Waals surface area contributed by atoms with E-state index >= 15 is 0 Å². The highest BCUT2D eigenvalue weighted by Crippen LogP contribution is 2.34. The standard InChI is InChI=1S/C24H27N3O5/c1-5-27-23(29)21(16-8-10-17(11-9-16)25-15(4)28)22(24(27)30)26-18-12-13-19(31-6-2)20(14-18)32-7-3/h8-14,26H,5-7H2,1-4H3,(H,25,28). The second-order valence-corrected chi connectivity index (χ2v) is 7.02. The largest absolute Gasteiger partial charge is 0.490 e. The van der Waals surface area contributed by atoms with Crippen LogP contribution < -0.4 is 20.1 Å². The number of ether oxygens (including phenoxy) is 2. The Hall–Kier alpha value is -3.81. The van der Waals surface area contributed by atoms with Crippen LogP contribution >= 0.6 is 0 Å². The van der Waals surface area contributed by atoms with E-state index in [1.165, 1.54) is 11.8 Å². The number of rotatable bonds is 9. The highest BCUT2D eigenvalue weighted by Gasteiger charge is 2.38. The van der Waals surface area contributed by atoms with Gasteiger partial charge in [-0.1, -0.05) is 12.1 Å². The molecule has 0 bridgehead atoms. The third-order valence-corrected chi connectivity index (χ3v) is 4.79. The summed E-state index contributed by atoms with van der Waals surface area (Å²) in [6.07, 6.45) is 0. The first-order valence-electron chi connectivity index (χ1n) is 10.5. The molecule has 0 saturated heterocycles. The first-order valence-corrected chi connectivity index (χ1v) is 10.5. The second-order valence-electron chi connectivity index (χ2n) is 7.02. The summed E-state index contributed by atoms with van der Waals surface area (Å²) in [7, 11) is 0. The van der Waals surface area contributed by atoms with E-state index in [9.17, 15) is 14.4 Å². The van der Waals surface area contributed by atoms with Crippen LogP contribution in [0.15, 0.2) is 48.2 Å². The minimum Gasteiger partial charge on any atom is -0.490 e. The molecule has 1 heterocycles. The van der Waals surface area contributed by atoms with Gasteiger partial charge in [0.25, 0.3) is 11.8 Å². The second kappa shape index (κ2) is 10.00. The summed E-state index contributed by atoms with van der Waals surface area (Å²) in [5.74, 6) is 0.190. The maximum Gasteiger partial charge on any atom is 0.278 e. The van der Waals surface area contributed by atoms with Crippen LogP contribution in [0.3, 0.4) is 0 Å². The molecule has 2 N–H and O–H groups in total. The van der Waals surface area contributed by atoms with Gasteiger partial charge in [-0.2, -0.15) is 0 Å². The number of carbonyl (C=O) groups excluding carboxylic acids is 3. The van der Waals surface area contributed by atoms with E-state index in [4.69, 9.17) is 9.47 Å². The van der Waals surface area contributed by atoms with E-state index < -0.39 is 5.91 Å². The Bertz CT molecular complexity index is 1060. The van der Waals surface area contributed by atoms with Gasteiger partial charge in [0.15, 0.2) is 11.5 Å². The smallest absolute Gasteiger partial charge is 0.278 e. The lowest BCUT2D eigenvalue weighted by Crippen LogP contribution is -2.32. The summed E-state index contributed by atoms with van der Waals surface area (Å²) in [5, 5.41) is 5.80. The van der Waals surface area contributed by atoms with E-state index in [1.807, 2.05) is 13.8 Å². The zero-order chi connectivity index (χ0) is 23.3. The Kier molecular flexibility index (Phi) is 7.14. The molecule has 168 valence electrons. The van der Waals surface area contributed by atoms with Gasteiger partial charge in [0.05, 0.1) is 18.8 Å². The number of amides is 3. The lowest BCUT2D eigenvalue weighted by atomic mass is 10.0. The zero-order valence-electron chi connectivity index (χ0n) is 18.7. The highest BCUT2D eigenvalue weighted by atomic mass is 16.5. The maximum absolute atomic E-state index is 13.0. The summed E-state index contributed by atoms with van der Waals surface area (Å²) in [6.45, 7) is 8.14. The first-order chi connectivity index (χ1) is 15.4. The topological polar surface area (TPSA) is 97.0 Å². The Balaban J connectivity index is 2.01. The van der Waals surface area contributed by atoms with Crippen LogP contribution in [0.2, 0.25) is 0 Å². The van der Waals surface area contributed by atoms with Crippen molar-refractivity contribution in [1.29, 1.82) is 0 Å². The predicted molar refractivity (Wildman–Crippen MR) is 122 cm³/mol. The van der Waals surface area contributed by atoms with Gasteiger partial charge in [-0.25, -0.2) is 0 Å². The van der Waals surface area contributed by atoms with Gasteiger partial charge >= 0.3 is 0 Å². The quantitative estimate of drug-likeness (QED) is 0.581. The van der Waals surface area contributed by atoms with Crippen molar-refractivity contribution in [2.75, 3.05) is 30.4 Å². The first kappa shape index (κ1) is 22.9. The molecule has 32 heavy (non-hydrogen) atoms. The molecule has 1 aliphatic rings. The minimum absolute atomic E-state index is 0.190. The van der Waals surface area contributed by atoms with E-state index in [0.717, 1.165) is 0 Å². The molecule has 0 radical (unpaired) electrons. The molecule has 0 aromatic heterocycles. The van der Waals surface area contributed by atoms with Crippen molar-refractivity contribution < 1.29 is 23.9 Å². The van der Waals surface area contributed by atoms with Gasteiger partial charge in [0, 0.05) is 30.9 Å². The molecule has 2 aromatic rings. The summed E-state index contributed by atoms with van der Waals surface area (Å²) >= 11 is 0. The SMILES string of the molecule is CCOc1ccc(NC2=C(c3ccc(NC(C)=O)cc3)C(=O)N(CC)C2=O)cc1OCC. The monoisotopic (exact) mass is 437 g/mol. The van der Waals surface area contributed by atoms with Crippen molar-refractivity contribution in [1.82, 2.24) is 4.90 Å². The number of nitrogens with one attached hydrogen (secondary N) is 2. The number of hydrogen-bond acceptors (Lipinski definition) is 6. The molecule has 0 aliphatic carbocycles. The molecule has 0 atom stereocenters. The third kappa shape index (κ3) is 4.74. The zero-order valence-corrected chi connectivity index (χ0v) is 18.7. The number of benzene rings is 2. The van der Waals surface area contributed by atoms with E-state index in [2.05, 4.69) is 10.6 Å². The average Bonchev–Trinajstić information content (AvgIpc) is 2.99. The van der Waals surface area contributed by atoms with Crippen LogP contribution in [-0.2, 0) is 14.4 Å². The van der Waals surface area contributed by atoms with E-state index in [1.54, 1.807) is 49.4 Å². The fourth-order valence-electron chi connectivity index (χ4n) is 3.44. The van der Waals surface area contributed by atoms with Gasteiger partial charge in [-0.3, -0.25) is 19.3 Å². The number of hydrogen-bond donors (Lipinski definition) is 2. The van der Waals surface area contributed by atoms with Crippen molar-refractivity contribution in [2.45, 2.75) is 27.7 Å². The predicted octanol–water partition coefficient (Wildman–Crippen LogP) is 3.65. The van der Waals surface area contributed by atoms with Crippen molar-refractivity contribution in [3.63, 3.8) is 0 Å². The van der Waals surface area contributed by atoms with Crippen LogP contribution in [-0.4, -0.2) is 42.4 Å². The minimum atomic E-state index is -0.398. The molecule has 8 heteroatoms. The van der Waals surface area contributed by atoms with Gasteiger partial charge in [-0.05, 0) is 50.6 Å². The van der Waals surface area contributed by atoms with Gasteiger partial charge < -0.3 is 20.1 Å². The molecule has 0 saturated carbocycles. The van der Waals surface area contributed by atoms with Crippen molar-refractivity contribution in [3.8, 4) is 11.5 Å². The van der Waals surface area contributed by atoms with Gasteiger partial charge in [0.2, 0.25) is 5.91 Å². The van der Waals surface area contributed by atoms with Crippen molar-refractivity contribution >= 4 is 34.7 Å². The normalized spacial score (nSPS) is 13.4. The fourth-order valence-corrected chi connectivity index (χ4v) is 3.44. The molecule has 3 rings (SSSR count). The molecule has 3 amide bonds. The number of carbonyl (C=O) groups is 3. The molecule has 0 unspecified atom stereocenters. The van der Waals surface area contributed by atoms with Crippen LogP contribution in [0, 0.1) is 0 Å². The number of nitrogens with zero attached hydrogens (tertiary/aromatic N) is 1.